The predicted molar refractivity (Wildman–Crippen MR) is 94.3 cm³/mol. The lowest BCUT2D eigenvalue weighted by Gasteiger charge is -2.33. The lowest BCUT2D eigenvalue weighted by atomic mass is 10.3. The number of aryl methyl sites for hydroxylation is 1. The molecule has 10 heteroatoms. The maximum absolute atomic E-state index is 12.5. The van der Waals surface area contributed by atoms with E-state index in [1.807, 2.05) is 6.92 Å². The molecule has 0 unspecified atom stereocenters. The minimum atomic E-state index is -3.44. The summed E-state index contributed by atoms with van der Waals surface area (Å²) in [5.41, 5.74) is 0.828. The van der Waals surface area contributed by atoms with Crippen LogP contribution in [0.4, 0.5) is 0 Å². The summed E-state index contributed by atoms with van der Waals surface area (Å²) in [6.07, 6.45) is 1.77. The number of halogens is 1. The lowest BCUT2D eigenvalue weighted by molar-refractivity contribution is -0.133. The fourth-order valence-electron chi connectivity index (χ4n) is 2.53. The first-order valence-corrected chi connectivity index (χ1v) is 10.5. The van der Waals surface area contributed by atoms with Gasteiger partial charge in [-0.3, -0.25) is 9.48 Å². The second-order valence-electron chi connectivity index (χ2n) is 5.48. The van der Waals surface area contributed by atoms with Crippen LogP contribution in [0.3, 0.4) is 0 Å². The van der Waals surface area contributed by atoms with Crippen LogP contribution in [0.5, 0.6) is 0 Å². The average Bonchev–Trinajstić information content (AvgIpc) is 3.19. The van der Waals surface area contributed by atoms with Crippen LogP contribution in [-0.2, 0) is 21.4 Å². The number of aromatic nitrogens is 2. The minimum absolute atomic E-state index is 0.0572. The summed E-state index contributed by atoms with van der Waals surface area (Å²) in [7, 11) is -3.44. The molecule has 1 aliphatic heterocycles. The van der Waals surface area contributed by atoms with Crippen LogP contribution in [0, 0.1) is 6.92 Å². The molecule has 2 aromatic rings. The molecule has 0 radical (unpaired) electrons. The molecule has 0 aromatic carbocycles. The van der Waals surface area contributed by atoms with E-state index < -0.39 is 10.0 Å². The highest BCUT2D eigenvalue weighted by Crippen LogP contribution is 2.22. The molecule has 24 heavy (non-hydrogen) atoms. The van der Waals surface area contributed by atoms with Crippen LogP contribution in [0.15, 0.2) is 32.4 Å². The molecule has 1 saturated heterocycles. The number of carbonyl (C=O) groups is 1. The summed E-state index contributed by atoms with van der Waals surface area (Å²) in [6.45, 7) is 3.43. The SMILES string of the molecule is Cc1nn(CC(=O)N2CCN(S(=O)(=O)c3cccs3)CC2)cc1Br. The highest BCUT2D eigenvalue weighted by atomic mass is 79.9. The number of carbonyl (C=O) groups excluding carboxylic acids is 1. The lowest BCUT2D eigenvalue weighted by Crippen LogP contribution is -2.51. The molecule has 0 atom stereocenters. The van der Waals surface area contributed by atoms with Crippen LogP contribution in [0.25, 0.3) is 0 Å². The summed E-state index contributed by atoms with van der Waals surface area (Å²) in [6, 6.07) is 3.33. The first-order chi connectivity index (χ1) is 11.4. The molecule has 0 saturated carbocycles. The van der Waals surface area contributed by atoms with E-state index in [1.165, 1.54) is 15.6 Å². The normalized spacial score (nSPS) is 16.5. The molecule has 0 N–H and O–H groups in total. The van der Waals surface area contributed by atoms with Gasteiger partial charge in [-0.15, -0.1) is 11.3 Å². The van der Waals surface area contributed by atoms with Crippen molar-refractivity contribution in [1.29, 1.82) is 0 Å². The van der Waals surface area contributed by atoms with E-state index in [0.29, 0.717) is 30.4 Å². The van der Waals surface area contributed by atoms with Crippen molar-refractivity contribution in [2.45, 2.75) is 17.7 Å². The molecule has 0 aliphatic carbocycles. The molecular weight excluding hydrogens is 416 g/mol. The monoisotopic (exact) mass is 432 g/mol. The molecule has 130 valence electrons. The predicted octanol–water partition coefficient (Wildman–Crippen LogP) is 1.55. The molecule has 1 fully saturated rings. The second kappa shape index (κ2) is 6.95. The third kappa shape index (κ3) is 3.56. The fraction of sp³-hybridized carbons (Fsp3) is 0.429. The summed E-state index contributed by atoms with van der Waals surface area (Å²) < 4.78 is 29.2. The summed E-state index contributed by atoms with van der Waals surface area (Å²) in [5, 5.41) is 6.00. The Morgan fingerprint density at radius 2 is 2.04 bits per heavy atom. The Bertz CT molecular complexity index is 805. The summed E-state index contributed by atoms with van der Waals surface area (Å²) in [4.78, 5) is 14.0. The van der Waals surface area contributed by atoms with E-state index >= 15 is 0 Å². The van der Waals surface area contributed by atoms with Crippen molar-refractivity contribution in [2.75, 3.05) is 26.2 Å². The highest BCUT2D eigenvalue weighted by molar-refractivity contribution is 9.10. The largest absolute Gasteiger partial charge is 0.338 e. The molecule has 0 spiro atoms. The zero-order valence-electron chi connectivity index (χ0n) is 13.1. The van der Waals surface area contributed by atoms with Crippen LogP contribution in [0.1, 0.15) is 5.69 Å². The first-order valence-electron chi connectivity index (χ1n) is 7.39. The number of thiophene rings is 1. The Labute approximate surface area is 153 Å². The van der Waals surface area contributed by atoms with Crippen molar-refractivity contribution in [3.63, 3.8) is 0 Å². The second-order valence-corrected chi connectivity index (χ2v) is 9.44. The van der Waals surface area contributed by atoms with Crippen molar-refractivity contribution in [3.8, 4) is 0 Å². The smallest absolute Gasteiger partial charge is 0.252 e. The number of hydrogen-bond donors (Lipinski definition) is 0. The van der Waals surface area contributed by atoms with Gasteiger partial charge in [-0.1, -0.05) is 6.07 Å². The Morgan fingerprint density at radius 1 is 1.33 bits per heavy atom. The maximum atomic E-state index is 12.5. The van der Waals surface area contributed by atoms with Crippen molar-refractivity contribution in [1.82, 2.24) is 19.0 Å². The standard InChI is InChI=1S/C14H17BrN4O3S2/c1-11-12(15)9-18(16-11)10-13(20)17-4-6-19(7-5-17)24(21,22)14-3-2-8-23-14/h2-3,8-9H,4-7,10H2,1H3. The quantitative estimate of drug-likeness (QED) is 0.734. The van der Waals surface area contributed by atoms with Gasteiger partial charge in [-0.2, -0.15) is 9.40 Å². The number of hydrogen-bond acceptors (Lipinski definition) is 5. The van der Waals surface area contributed by atoms with Gasteiger partial charge in [0.25, 0.3) is 10.0 Å². The minimum Gasteiger partial charge on any atom is -0.338 e. The van der Waals surface area contributed by atoms with Crippen LogP contribution in [-0.4, -0.2) is 59.5 Å². The number of amides is 1. The van der Waals surface area contributed by atoms with Gasteiger partial charge in [0.2, 0.25) is 5.91 Å². The van der Waals surface area contributed by atoms with E-state index in [9.17, 15) is 13.2 Å². The Morgan fingerprint density at radius 3 is 2.58 bits per heavy atom. The van der Waals surface area contributed by atoms with Gasteiger partial charge in [0, 0.05) is 32.4 Å². The maximum Gasteiger partial charge on any atom is 0.252 e. The molecule has 3 heterocycles. The molecule has 2 aromatic heterocycles. The Hall–Kier alpha value is -1.23. The van der Waals surface area contributed by atoms with Crippen molar-refractivity contribution < 1.29 is 13.2 Å². The van der Waals surface area contributed by atoms with Crippen LogP contribution >= 0.6 is 27.3 Å². The fourth-order valence-corrected chi connectivity index (χ4v) is 5.41. The molecule has 1 aliphatic rings. The van der Waals surface area contributed by atoms with Gasteiger partial charge in [0.15, 0.2) is 0 Å². The van der Waals surface area contributed by atoms with Gasteiger partial charge in [0.05, 0.1) is 10.2 Å². The molecule has 1 amide bonds. The van der Waals surface area contributed by atoms with Crippen molar-refractivity contribution in [3.05, 3.63) is 33.9 Å². The van der Waals surface area contributed by atoms with Gasteiger partial charge in [0.1, 0.15) is 10.8 Å². The zero-order valence-corrected chi connectivity index (χ0v) is 16.3. The van der Waals surface area contributed by atoms with Gasteiger partial charge in [-0.25, -0.2) is 8.42 Å². The Kier molecular flexibility index (Phi) is 5.09. The molecule has 7 nitrogen and oxygen atoms in total. The van der Waals surface area contributed by atoms with Gasteiger partial charge in [-0.05, 0) is 34.3 Å². The summed E-state index contributed by atoms with van der Waals surface area (Å²) >= 11 is 4.58. The van der Waals surface area contributed by atoms with Crippen LogP contribution < -0.4 is 0 Å². The van der Waals surface area contributed by atoms with E-state index in [2.05, 4.69) is 21.0 Å². The highest BCUT2D eigenvalue weighted by Gasteiger charge is 2.30. The van der Waals surface area contributed by atoms with E-state index in [-0.39, 0.29) is 12.5 Å². The van der Waals surface area contributed by atoms with E-state index in [1.54, 1.807) is 33.3 Å². The molecule has 3 rings (SSSR count). The first kappa shape index (κ1) is 17.6. The summed E-state index contributed by atoms with van der Waals surface area (Å²) in [5.74, 6) is -0.0572. The average molecular weight is 433 g/mol. The van der Waals surface area contributed by atoms with Crippen molar-refractivity contribution >= 4 is 43.2 Å². The van der Waals surface area contributed by atoms with E-state index in [4.69, 9.17) is 0 Å². The third-order valence-electron chi connectivity index (χ3n) is 3.86. The number of piperazine rings is 1. The number of nitrogens with zero attached hydrogens (tertiary/aromatic N) is 4. The molecular formula is C14H17BrN4O3S2. The number of rotatable bonds is 4. The van der Waals surface area contributed by atoms with Gasteiger partial charge >= 0.3 is 0 Å². The topological polar surface area (TPSA) is 75.5 Å². The number of sulfonamides is 1. The van der Waals surface area contributed by atoms with Crippen molar-refractivity contribution in [2.24, 2.45) is 0 Å². The third-order valence-corrected chi connectivity index (χ3v) is 7.91. The van der Waals surface area contributed by atoms with Crippen LogP contribution in [0.2, 0.25) is 0 Å². The van der Waals surface area contributed by atoms with Gasteiger partial charge < -0.3 is 4.90 Å². The van der Waals surface area contributed by atoms with E-state index in [0.717, 1.165) is 10.2 Å². The zero-order chi connectivity index (χ0) is 17.3. The molecule has 0 bridgehead atoms. The Balaban J connectivity index is 1.59.